The minimum atomic E-state index is 0.360. The Balaban J connectivity index is 1.85. The predicted molar refractivity (Wildman–Crippen MR) is 66.0 cm³/mol. The van der Waals surface area contributed by atoms with E-state index < -0.39 is 0 Å². The number of nitrogens with zero attached hydrogens (tertiary/aromatic N) is 3. The lowest BCUT2D eigenvalue weighted by Crippen LogP contribution is -2.24. The molecule has 0 aliphatic rings. The molecule has 0 fully saturated rings. The predicted octanol–water partition coefficient (Wildman–Crippen LogP) is 1.46. The van der Waals surface area contributed by atoms with Crippen LogP contribution in [0, 0.1) is 0 Å². The summed E-state index contributed by atoms with van der Waals surface area (Å²) >= 11 is 1.61. The zero-order chi connectivity index (χ0) is 12.1. The third-order valence-corrected chi connectivity index (χ3v) is 3.21. The fourth-order valence-corrected chi connectivity index (χ4v) is 2.04. The van der Waals surface area contributed by atoms with Gasteiger partial charge in [0, 0.05) is 24.3 Å². The van der Waals surface area contributed by atoms with Crippen LogP contribution in [0.3, 0.4) is 0 Å². The number of likely N-dealkylation sites (N-methyl/N-ethyl adjacent to an activating group) is 1. The molecule has 2 aromatic rings. The summed E-state index contributed by atoms with van der Waals surface area (Å²) < 4.78 is 5.20. The molecule has 2 heterocycles. The first-order chi connectivity index (χ1) is 8.28. The van der Waals surface area contributed by atoms with Crippen LogP contribution in [0.2, 0.25) is 0 Å². The van der Waals surface area contributed by atoms with E-state index in [0.29, 0.717) is 11.9 Å². The van der Waals surface area contributed by atoms with E-state index in [1.54, 1.807) is 11.3 Å². The van der Waals surface area contributed by atoms with E-state index in [0.717, 1.165) is 30.8 Å². The summed E-state index contributed by atoms with van der Waals surface area (Å²) in [6.45, 7) is 2.09. The number of hydrogen-bond acceptors (Lipinski definition) is 6. The molecule has 2 aromatic heterocycles. The minimum Gasteiger partial charge on any atom is -0.339 e. The van der Waals surface area contributed by atoms with Crippen LogP contribution in [0.1, 0.15) is 24.3 Å². The number of rotatable bonds is 6. The highest BCUT2D eigenvalue weighted by atomic mass is 32.1. The molecule has 17 heavy (non-hydrogen) atoms. The largest absolute Gasteiger partial charge is 0.339 e. The Morgan fingerprint density at radius 2 is 2.35 bits per heavy atom. The zero-order valence-electron chi connectivity index (χ0n) is 10.0. The van der Waals surface area contributed by atoms with Crippen LogP contribution in [0.4, 0.5) is 0 Å². The van der Waals surface area contributed by atoms with Crippen LogP contribution in [0.15, 0.2) is 15.4 Å². The summed E-state index contributed by atoms with van der Waals surface area (Å²) in [5.41, 5.74) is 2.92. The van der Waals surface area contributed by atoms with E-state index >= 15 is 0 Å². The van der Waals surface area contributed by atoms with Crippen molar-refractivity contribution in [1.29, 1.82) is 0 Å². The van der Waals surface area contributed by atoms with Gasteiger partial charge in [0.15, 0.2) is 5.82 Å². The van der Waals surface area contributed by atoms with Crippen molar-refractivity contribution in [2.75, 3.05) is 7.05 Å². The van der Waals surface area contributed by atoms with E-state index in [1.165, 1.54) is 0 Å². The fraction of sp³-hybridized carbons (Fsp3) is 0.545. The Hall–Kier alpha value is -1.27. The molecular weight excluding hydrogens is 236 g/mol. The van der Waals surface area contributed by atoms with E-state index in [1.807, 2.05) is 17.9 Å². The zero-order valence-corrected chi connectivity index (χ0v) is 10.8. The molecule has 1 unspecified atom stereocenters. The van der Waals surface area contributed by atoms with Crippen LogP contribution in [0.5, 0.6) is 0 Å². The summed E-state index contributed by atoms with van der Waals surface area (Å²) in [6, 6.07) is 0.360. The molecule has 0 aliphatic heterocycles. The number of hydrogen-bond donors (Lipinski definition) is 1. The van der Waals surface area contributed by atoms with Gasteiger partial charge in [-0.3, -0.25) is 0 Å². The molecule has 1 atom stereocenters. The van der Waals surface area contributed by atoms with Gasteiger partial charge in [0.2, 0.25) is 5.89 Å². The van der Waals surface area contributed by atoms with Crippen LogP contribution in [0.25, 0.3) is 0 Å². The minimum absolute atomic E-state index is 0.360. The van der Waals surface area contributed by atoms with Gasteiger partial charge in [-0.05, 0) is 20.4 Å². The first-order valence-corrected chi connectivity index (χ1v) is 6.58. The monoisotopic (exact) mass is 252 g/mol. The summed E-state index contributed by atoms with van der Waals surface area (Å²) in [4.78, 5) is 8.57. The normalized spacial score (nSPS) is 12.8. The van der Waals surface area contributed by atoms with Gasteiger partial charge in [-0.1, -0.05) is 5.16 Å². The van der Waals surface area contributed by atoms with E-state index in [9.17, 15) is 0 Å². The van der Waals surface area contributed by atoms with E-state index in [-0.39, 0.29) is 0 Å². The van der Waals surface area contributed by atoms with Crippen molar-refractivity contribution >= 4 is 11.3 Å². The SMILES string of the molecule is CNC(C)Cc1noc(CCc2cscn2)n1. The highest BCUT2D eigenvalue weighted by Crippen LogP contribution is 2.07. The topological polar surface area (TPSA) is 63.8 Å². The standard InChI is InChI=1S/C11H16N4OS/c1-8(12-2)5-10-14-11(16-15-10)4-3-9-6-17-7-13-9/h6-8,12H,3-5H2,1-2H3. The molecule has 0 saturated carbocycles. The summed E-state index contributed by atoms with van der Waals surface area (Å²) in [6.07, 6.45) is 2.40. The smallest absolute Gasteiger partial charge is 0.227 e. The Kier molecular flexibility index (Phi) is 4.22. The lowest BCUT2D eigenvalue weighted by molar-refractivity contribution is 0.371. The molecule has 0 aromatic carbocycles. The molecule has 6 heteroatoms. The van der Waals surface area contributed by atoms with Gasteiger partial charge in [-0.15, -0.1) is 11.3 Å². The molecule has 0 bridgehead atoms. The van der Waals surface area contributed by atoms with E-state index in [2.05, 4.69) is 27.4 Å². The first-order valence-electron chi connectivity index (χ1n) is 5.63. The van der Waals surface area contributed by atoms with Crippen molar-refractivity contribution in [3.63, 3.8) is 0 Å². The highest BCUT2D eigenvalue weighted by Gasteiger charge is 2.09. The maximum Gasteiger partial charge on any atom is 0.227 e. The molecule has 0 radical (unpaired) electrons. The summed E-state index contributed by atoms with van der Waals surface area (Å²) in [7, 11) is 1.92. The fourth-order valence-electron chi connectivity index (χ4n) is 1.45. The lowest BCUT2D eigenvalue weighted by atomic mass is 10.2. The number of nitrogens with one attached hydrogen (secondary N) is 1. The quantitative estimate of drug-likeness (QED) is 0.843. The average molecular weight is 252 g/mol. The Labute approximate surface area is 104 Å². The van der Waals surface area contributed by atoms with Gasteiger partial charge in [0.1, 0.15) is 0 Å². The molecular formula is C11H16N4OS. The Morgan fingerprint density at radius 3 is 3.06 bits per heavy atom. The molecule has 0 spiro atoms. The molecule has 1 N–H and O–H groups in total. The third-order valence-electron chi connectivity index (χ3n) is 2.57. The second-order valence-corrected chi connectivity index (χ2v) is 4.70. The van der Waals surface area contributed by atoms with Crippen molar-refractivity contribution in [2.24, 2.45) is 0 Å². The first kappa shape index (κ1) is 12.2. The number of thiazole rings is 1. The van der Waals surface area contributed by atoms with Gasteiger partial charge >= 0.3 is 0 Å². The average Bonchev–Trinajstić information content (AvgIpc) is 2.97. The maximum atomic E-state index is 5.20. The molecule has 0 aliphatic carbocycles. The highest BCUT2D eigenvalue weighted by molar-refractivity contribution is 7.07. The van der Waals surface area contributed by atoms with Gasteiger partial charge in [0.05, 0.1) is 11.2 Å². The van der Waals surface area contributed by atoms with Gasteiger partial charge in [0.25, 0.3) is 0 Å². The van der Waals surface area contributed by atoms with Crippen molar-refractivity contribution < 1.29 is 4.52 Å². The summed E-state index contributed by atoms with van der Waals surface area (Å²) in [5.74, 6) is 1.46. The summed E-state index contributed by atoms with van der Waals surface area (Å²) in [5, 5.41) is 9.15. The molecule has 0 saturated heterocycles. The molecule has 0 amide bonds. The van der Waals surface area contributed by atoms with Crippen LogP contribution in [-0.2, 0) is 19.3 Å². The maximum absolute atomic E-state index is 5.20. The van der Waals surface area contributed by atoms with Crippen LogP contribution < -0.4 is 5.32 Å². The van der Waals surface area contributed by atoms with Crippen molar-refractivity contribution in [1.82, 2.24) is 20.4 Å². The Morgan fingerprint density at radius 1 is 1.47 bits per heavy atom. The van der Waals surface area contributed by atoms with Gasteiger partial charge < -0.3 is 9.84 Å². The number of aromatic nitrogens is 3. The van der Waals surface area contributed by atoms with Crippen molar-refractivity contribution in [3.05, 3.63) is 28.3 Å². The van der Waals surface area contributed by atoms with Crippen molar-refractivity contribution in [2.45, 2.75) is 32.2 Å². The molecule has 2 rings (SSSR count). The number of aryl methyl sites for hydroxylation is 2. The lowest BCUT2D eigenvalue weighted by Gasteiger charge is -2.04. The third kappa shape index (κ3) is 3.61. The van der Waals surface area contributed by atoms with Gasteiger partial charge in [-0.2, -0.15) is 4.98 Å². The Bertz CT molecular complexity index is 440. The molecule has 92 valence electrons. The second-order valence-electron chi connectivity index (χ2n) is 3.98. The van der Waals surface area contributed by atoms with Crippen LogP contribution >= 0.6 is 11.3 Å². The second kappa shape index (κ2) is 5.88. The van der Waals surface area contributed by atoms with Crippen LogP contribution in [-0.4, -0.2) is 28.2 Å². The van der Waals surface area contributed by atoms with Gasteiger partial charge in [-0.25, -0.2) is 4.98 Å². The van der Waals surface area contributed by atoms with Crippen molar-refractivity contribution in [3.8, 4) is 0 Å². The molecule has 5 nitrogen and oxygen atoms in total. The van der Waals surface area contributed by atoms with E-state index in [4.69, 9.17) is 4.52 Å².